The van der Waals surface area contributed by atoms with Crippen molar-refractivity contribution in [2.45, 2.75) is 51.0 Å². The van der Waals surface area contributed by atoms with Gasteiger partial charge in [0.25, 0.3) is 0 Å². The highest BCUT2D eigenvalue weighted by atomic mass is 32.2. The molecule has 0 aromatic heterocycles. The maximum Gasteiger partial charge on any atom is 0.410 e. The molecule has 1 aliphatic heterocycles. The molecular weight excluding hydrogens is 310 g/mol. The Bertz CT molecular complexity index is 566. The van der Waals surface area contributed by atoms with Crippen LogP contribution in [0.25, 0.3) is 0 Å². The van der Waals surface area contributed by atoms with Gasteiger partial charge in [-0.3, -0.25) is 0 Å². The molecule has 1 aliphatic rings. The van der Waals surface area contributed by atoms with Crippen molar-refractivity contribution >= 4 is 17.9 Å². The van der Waals surface area contributed by atoms with Crippen molar-refractivity contribution in [3.63, 3.8) is 0 Å². The van der Waals surface area contributed by atoms with Gasteiger partial charge >= 0.3 is 6.09 Å². The second-order valence-electron chi connectivity index (χ2n) is 6.89. The topological polar surface area (TPSA) is 49.8 Å². The summed E-state index contributed by atoms with van der Waals surface area (Å²) in [6, 6.07) is 4.31. The van der Waals surface area contributed by atoms with Crippen LogP contribution in [0.2, 0.25) is 0 Å². The molecule has 1 heterocycles. The zero-order chi connectivity index (χ0) is 17.0. The van der Waals surface area contributed by atoms with E-state index in [1.54, 1.807) is 16.7 Å². The van der Waals surface area contributed by atoms with Crippen LogP contribution in [-0.4, -0.2) is 47.1 Å². The van der Waals surface area contributed by atoms with E-state index in [4.69, 9.17) is 9.84 Å². The molecule has 0 bridgehead atoms. The van der Waals surface area contributed by atoms with Crippen molar-refractivity contribution < 1.29 is 14.6 Å². The minimum absolute atomic E-state index is 0.178. The van der Waals surface area contributed by atoms with Crippen LogP contribution in [0, 0.1) is 6.92 Å². The number of benzene rings is 1. The Balaban J connectivity index is 2.15. The van der Waals surface area contributed by atoms with Crippen LogP contribution >= 0.6 is 11.8 Å². The summed E-state index contributed by atoms with van der Waals surface area (Å²) in [4.78, 5) is 15.4. The van der Waals surface area contributed by atoms with Gasteiger partial charge in [0, 0.05) is 23.7 Å². The minimum atomic E-state index is -0.463. The first-order chi connectivity index (χ1) is 10.8. The third kappa shape index (κ3) is 4.88. The Kier molecular flexibility index (Phi) is 5.98. The molecular formula is C18H27NO3S. The van der Waals surface area contributed by atoms with E-state index >= 15 is 0 Å². The van der Waals surface area contributed by atoms with Crippen LogP contribution in [0.3, 0.4) is 0 Å². The predicted octanol–water partition coefficient (Wildman–Crippen LogP) is 3.42. The van der Waals surface area contributed by atoms with Gasteiger partial charge < -0.3 is 14.7 Å². The summed E-state index contributed by atoms with van der Waals surface area (Å²) in [5, 5.41) is 9.11. The van der Waals surface area contributed by atoms with Crippen molar-refractivity contribution in [3.05, 3.63) is 28.8 Å². The van der Waals surface area contributed by atoms with E-state index in [0.717, 1.165) is 12.8 Å². The summed E-state index contributed by atoms with van der Waals surface area (Å²) in [5.74, 6) is 0.701. The van der Waals surface area contributed by atoms with Gasteiger partial charge in [0.15, 0.2) is 0 Å². The number of ether oxygens (including phenoxy) is 1. The van der Waals surface area contributed by atoms with Crippen molar-refractivity contribution in [1.29, 1.82) is 0 Å². The highest BCUT2D eigenvalue weighted by Crippen LogP contribution is 2.31. The number of fused-ring (bicyclic) bond motifs is 1. The fourth-order valence-electron chi connectivity index (χ4n) is 2.77. The third-order valence-electron chi connectivity index (χ3n) is 3.83. The van der Waals surface area contributed by atoms with Gasteiger partial charge in [-0.15, -0.1) is 11.8 Å². The van der Waals surface area contributed by atoms with Crippen LogP contribution in [-0.2, 0) is 17.6 Å². The molecule has 1 aromatic carbocycles. The number of rotatable bonds is 3. The molecule has 0 unspecified atom stereocenters. The first kappa shape index (κ1) is 18.1. The summed E-state index contributed by atoms with van der Waals surface area (Å²) in [6.07, 6.45) is 1.46. The molecule has 1 amide bonds. The highest BCUT2D eigenvalue weighted by molar-refractivity contribution is 7.99. The number of aryl methyl sites for hydroxylation is 1. The number of aliphatic hydroxyl groups excluding tert-OH is 1. The second-order valence-corrected chi connectivity index (χ2v) is 7.99. The Morgan fingerprint density at radius 1 is 1.30 bits per heavy atom. The molecule has 128 valence electrons. The van der Waals surface area contributed by atoms with Crippen molar-refractivity contribution in [1.82, 2.24) is 4.90 Å². The zero-order valence-corrected chi connectivity index (χ0v) is 15.3. The van der Waals surface area contributed by atoms with Crippen molar-refractivity contribution in [2.75, 3.05) is 25.4 Å². The number of hydrogen-bond donors (Lipinski definition) is 1. The zero-order valence-electron chi connectivity index (χ0n) is 14.5. The quantitative estimate of drug-likeness (QED) is 0.859. The molecule has 4 nitrogen and oxygen atoms in total. The molecule has 0 atom stereocenters. The molecule has 5 heteroatoms. The maximum absolute atomic E-state index is 12.3. The van der Waals surface area contributed by atoms with E-state index in [9.17, 15) is 4.79 Å². The summed E-state index contributed by atoms with van der Waals surface area (Å²) in [7, 11) is 0. The average Bonchev–Trinajstić information content (AvgIpc) is 2.67. The lowest BCUT2D eigenvalue weighted by Gasteiger charge is -2.26. The Morgan fingerprint density at radius 2 is 2.00 bits per heavy atom. The minimum Gasteiger partial charge on any atom is -0.444 e. The fourth-order valence-corrected chi connectivity index (χ4v) is 3.76. The van der Waals surface area contributed by atoms with Crippen LogP contribution in [0.1, 0.15) is 37.5 Å². The molecule has 0 saturated carbocycles. The molecule has 1 aromatic rings. The Hall–Kier alpha value is -1.20. The second kappa shape index (κ2) is 7.58. The van der Waals surface area contributed by atoms with Gasteiger partial charge in [-0.25, -0.2) is 4.79 Å². The lowest BCUT2D eigenvalue weighted by atomic mass is 10.0. The van der Waals surface area contributed by atoms with E-state index in [1.807, 2.05) is 20.8 Å². The monoisotopic (exact) mass is 337 g/mol. The van der Waals surface area contributed by atoms with Gasteiger partial charge in [-0.2, -0.15) is 0 Å². The van der Waals surface area contributed by atoms with E-state index in [2.05, 4.69) is 19.1 Å². The number of nitrogens with zero attached hydrogens (tertiary/aromatic N) is 1. The van der Waals surface area contributed by atoms with E-state index < -0.39 is 5.60 Å². The molecule has 0 fully saturated rings. The smallest absolute Gasteiger partial charge is 0.410 e. The summed E-state index contributed by atoms with van der Waals surface area (Å²) in [6.45, 7) is 9.33. The Labute approximate surface area is 143 Å². The van der Waals surface area contributed by atoms with Crippen LogP contribution in [0.15, 0.2) is 17.0 Å². The van der Waals surface area contributed by atoms with Gasteiger partial charge in [0.1, 0.15) is 5.60 Å². The summed E-state index contributed by atoms with van der Waals surface area (Å²) >= 11 is 1.71. The first-order valence-electron chi connectivity index (χ1n) is 8.15. The van der Waals surface area contributed by atoms with Crippen LogP contribution < -0.4 is 0 Å². The molecule has 0 saturated heterocycles. The molecule has 1 N–H and O–H groups in total. The number of amides is 1. The van der Waals surface area contributed by atoms with Gasteiger partial charge in [0.05, 0.1) is 6.61 Å². The average molecular weight is 337 g/mol. The largest absolute Gasteiger partial charge is 0.444 e. The molecule has 23 heavy (non-hydrogen) atoms. The lowest BCUT2D eigenvalue weighted by Crippen LogP contribution is -2.38. The van der Waals surface area contributed by atoms with E-state index in [1.165, 1.54) is 21.6 Å². The van der Waals surface area contributed by atoms with E-state index in [0.29, 0.717) is 18.8 Å². The third-order valence-corrected chi connectivity index (χ3v) is 5.07. The van der Waals surface area contributed by atoms with Gasteiger partial charge in [0.2, 0.25) is 0 Å². The number of aliphatic hydroxyl groups is 1. The van der Waals surface area contributed by atoms with Gasteiger partial charge in [-0.1, -0.05) is 12.1 Å². The summed E-state index contributed by atoms with van der Waals surface area (Å²) < 4.78 is 5.50. The summed E-state index contributed by atoms with van der Waals surface area (Å²) in [5.41, 5.74) is 3.42. The maximum atomic E-state index is 12.3. The van der Waals surface area contributed by atoms with E-state index in [-0.39, 0.29) is 12.7 Å². The number of carbonyl (C=O) groups excluding carboxylic acids is 1. The normalized spacial score (nSPS) is 15.1. The lowest BCUT2D eigenvalue weighted by molar-refractivity contribution is 0.0258. The fraction of sp³-hybridized carbons (Fsp3) is 0.611. The highest BCUT2D eigenvalue weighted by Gasteiger charge is 2.25. The number of thioether (sulfide) groups is 1. The number of carbonyl (C=O) groups is 1. The molecule has 0 radical (unpaired) electrons. The van der Waals surface area contributed by atoms with Crippen molar-refractivity contribution in [3.8, 4) is 0 Å². The first-order valence-corrected chi connectivity index (χ1v) is 9.13. The SMILES string of the molecule is Cc1ccc2c(c1SCCO)CCN(C(=O)OC(C)(C)C)CC2. The van der Waals surface area contributed by atoms with Gasteiger partial charge in [-0.05, 0) is 57.2 Å². The Morgan fingerprint density at radius 3 is 2.65 bits per heavy atom. The predicted molar refractivity (Wildman–Crippen MR) is 94.2 cm³/mol. The number of hydrogen-bond acceptors (Lipinski definition) is 4. The standard InChI is InChI=1S/C18H27NO3S/c1-13-5-6-14-7-9-19(17(21)22-18(2,3)4)10-8-15(14)16(13)23-12-11-20/h5-6,20H,7-12H2,1-4H3. The molecule has 2 rings (SSSR count). The molecule has 0 spiro atoms. The van der Waals surface area contributed by atoms with Crippen LogP contribution in [0.5, 0.6) is 0 Å². The van der Waals surface area contributed by atoms with Crippen molar-refractivity contribution in [2.24, 2.45) is 0 Å². The van der Waals surface area contributed by atoms with Crippen LogP contribution in [0.4, 0.5) is 4.79 Å². The molecule has 0 aliphatic carbocycles.